The predicted octanol–water partition coefficient (Wildman–Crippen LogP) is 2.91. The molecule has 0 saturated carbocycles. The Morgan fingerprint density at radius 3 is 2.58 bits per heavy atom. The molecule has 0 bridgehead atoms. The molecule has 0 aromatic heterocycles. The lowest BCUT2D eigenvalue weighted by Crippen LogP contribution is -2.77. The molecule has 1 aromatic rings. The fourth-order valence-corrected chi connectivity index (χ4v) is 3.06. The Morgan fingerprint density at radius 2 is 1.96 bits per heavy atom. The van der Waals surface area contributed by atoms with E-state index in [1.165, 1.54) is 0 Å². The highest BCUT2D eigenvalue weighted by Gasteiger charge is 2.03. The smallest absolute Gasteiger partial charge is 0.232 e. The number of azo groups is 1. The maximum absolute atomic E-state index is 10.7. The van der Waals surface area contributed by atoms with E-state index in [0.717, 1.165) is 24.3 Å². The van der Waals surface area contributed by atoms with Crippen molar-refractivity contribution in [2.45, 2.75) is 12.8 Å². The minimum absolute atomic E-state index is 0.0385. The first-order valence-corrected chi connectivity index (χ1v) is 11.1. The highest BCUT2D eigenvalue weighted by molar-refractivity contribution is 8.13. The predicted molar refractivity (Wildman–Crippen MR) is 103 cm³/mol. The van der Waals surface area contributed by atoms with Crippen molar-refractivity contribution < 1.29 is 13.7 Å². The highest BCUT2D eigenvalue weighted by Crippen LogP contribution is 2.18. The Labute approximate surface area is 152 Å². The second-order valence-corrected chi connectivity index (χ2v) is 9.01. The van der Waals surface area contributed by atoms with Crippen LogP contribution in [0.4, 0.5) is 11.4 Å². The number of rotatable bonds is 11. The number of nitrogens with two attached hydrogens (primary N) is 1. The van der Waals surface area contributed by atoms with Gasteiger partial charge in [0.25, 0.3) is 0 Å². The number of hydrogen-bond acceptors (Lipinski definition) is 6. The van der Waals surface area contributed by atoms with Crippen LogP contribution in [0.25, 0.3) is 0 Å². The monoisotopic (exact) mass is 391 g/mol. The fraction of sp³-hybridized carbons (Fsp3) is 0.467. The molecule has 0 heterocycles. The van der Waals surface area contributed by atoms with Crippen LogP contribution in [0.3, 0.4) is 0 Å². The van der Waals surface area contributed by atoms with Crippen molar-refractivity contribution in [1.29, 1.82) is 0 Å². The summed E-state index contributed by atoms with van der Waals surface area (Å²) in [6.45, 7) is 0.837. The zero-order valence-corrected chi connectivity index (χ0v) is 16.3. The van der Waals surface area contributed by atoms with Crippen LogP contribution in [0.2, 0.25) is 0 Å². The van der Waals surface area contributed by atoms with E-state index in [1.54, 1.807) is 11.8 Å². The molecule has 0 fully saturated rings. The molecule has 0 unspecified atom stereocenters. The average molecular weight is 392 g/mol. The van der Waals surface area contributed by atoms with E-state index < -0.39 is 9.05 Å². The van der Waals surface area contributed by atoms with Gasteiger partial charge in [-0.25, -0.2) is 8.42 Å². The number of quaternary nitrogens is 1. The Morgan fingerprint density at radius 1 is 1.25 bits per heavy atom. The van der Waals surface area contributed by atoms with Crippen LogP contribution in [0.15, 0.2) is 46.1 Å². The molecule has 2 N–H and O–H groups in total. The van der Waals surface area contributed by atoms with Gasteiger partial charge in [0.05, 0.1) is 24.2 Å². The molecular weight excluding hydrogens is 368 g/mol. The number of hydrogen-bond donors (Lipinski definition) is 1. The summed E-state index contributed by atoms with van der Waals surface area (Å²) >= 11 is 1.55. The van der Waals surface area contributed by atoms with Crippen LogP contribution >= 0.6 is 22.4 Å². The number of unbranched alkanes of at least 4 members (excludes halogenated alkanes) is 1. The van der Waals surface area contributed by atoms with Gasteiger partial charge >= 0.3 is 0 Å². The third kappa shape index (κ3) is 10.6. The molecule has 134 valence electrons. The number of halogens is 1. The van der Waals surface area contributed by atoms with Crippen molar-refractivity contribution in [3.05, 3.63) is 35.9 Å². The van der Waals surface area contributed by atoms with Crippen molar-refractivity contribution in [3.8, 4) is 0 Å². The molecule has 6 nitrogen and oxygen atoms in total. The van der Waals surface area contributed by atoms with Gasteiger partial charge in [0.1, 0.15) is 5.88 Å². The van der Waals surface area contributed by atoms with Gasteiger partial charge in [-0.15, -0.1) is 11.8 Å². The normalized spacial score (nSPS) is 12.3. The van der Waals surface area contributed by atoms with Crippen molar-refractivity contribution in [2.24, 2.45) is 10.2 Å². The summed E-state index contributed by atoms with van der Waals surface area (Å²) in [5.74, 6) is 0.598. The lowest BCUT2D eigenvalue weighted by atomic mass is 10.3. The highest BCUT2D eigenvalue weighted by atomic mass is 35.7. The number of thioether (sulfide) groups is 1. The summed E-state index contributed by atoms with van der Waals surface area (Å²) < 4.78 is 21.5. The van der Waals surface area contributed by atoms with Crippen molar-refractivity contribution in [1.82, 2.24) is 0 Å². The van der Waals surface area contributed by atoms with Crippen LogP contribution in [0.1, 0.15) is 12.8 Å². The van der Waals surface area contributed by atoms with E-state index in [-0.39, 0.29) is 5.75 Å². The van der Waals surface area contributed by atoms with Crippen LogP contribution in [0, 0.1) is 0 Å². The quantitative estimate of drug-likeness (QED) is 0.357. The first-order chi connectivity index (χ1) is 11.4. The molecule has 0 radical (unpaired) electrons. The average Bonchev–Trinajstić information content (AvgIpc) is 2.52. The maximum Gasteiger partial charge on any atom is 0.232 e. The summed E-state index contributed by atoms with van der Waals surface area (Å²) in [6, 6.07) is 7.89. The number of benzene rings is 1. The summed E-state index contributed by atoms with van der Waals surface area (Å²) in [6.07, 6.45) is 3.34. The molecule has 0 spiro atoms. The molecule has 1 aromatic carbocycles. The first kappa shape index (κ1) is 21.0. The van der Waals surface area contributed by atoms with E-state index in [1.807, 2.05) is 60.2 Å². The number of anilines is 1. The molecule has 0 aliphatic heterocycles. The van der Waals surface area contributed by atoms with E-state index >= 15 is 0 Å². The minimum atomic E-state index is -3.35. The van der Waals surface area contributed by atoms with Crippen molar-refractivity contribution in [3.63, 3.8) is 0 Å². The van der Waals surface area contributed by atoms with Crippen molar-refractivity contribution >= 4 is 42.9 Å². The molecule has 24 heavy (non-hydrogen) atoms. The standard InChI is InChI=1S/C15H23ClN4O2S2/c1-20(2)15-7-5-14(6-8-15)19-18-13-23-11-10-17-9-3-4-12-24(16,21)22/h5-8,10-11,17H,3-4,9,12-13H2,1-2H3/p+1/b11-10-,19-18?. The van der Waals surface area contributed by atoms with Crippen LogP contribution in [0.5, 0.6) is 0 Å². The third-order valence-corrected chi connectivity index (χ3v) is 4.86. The summed E-state index contributed by atoms with van der Waals surface area (Å²) in [4.78, 5) is 2.03. The van der Waals surface area contributed by atoms with E-state index in [0.29, 0.717) is 12.3 Å². The molecule has 1 rings (SSSR count). The number of nitrogens with zero attached hydrogens (tertiary/aromatic N) is 3. The van der Waals surface area contributed by atoms with Gasteiger partial charge in [0.2, 0.25) is 9.05 Å². The largest absolute Gasteiger partial charge is 0.378 e. The lowest BCUT2D eigenvalue weighted by Gasteiger charge is -2.11. The Hall–Kier alpha value is -1.09. The van der Waals surface area contributed by atoms with Crippen LogP contribution < -0.4 is 10.2 Å². The van der Waals surface area contributed by atoms with Gasteiger partial charge in [0, 0.05) is 35.9 Å². The van der Waals surface area contributed by atoms with Gasteiger partial charge < -0.3 is 10.2 Å². The van der Waals surface area contributed by atoms with Gasteiger partial charge in [-0.05, 0) is 37.1 Å². The van der Waals surface area contributed by atoms with Gasteiger partial charge in [0.15, 0.2) is 0 Å². The molecule has 9 heteroatoms. The maximum atomic E-state index is 10.7. The second-order valence-electron chi connectivity index (χ2n) is 5.25. The SMILES string of the molecule is CN(C)c1ccc(N=NCS/C=C\[NH2+]CCCCS(=O)(=O)Cl)cc1. The summed E-state index contributed by atoms with van der Waals surface area (Å²) in [5.41, 5.74) is 1.97. The molecule has 0 aliphatic rings. The molecule has 0 saturated heterocycles. The topological polar surface area (TPSA) is 78.7 Å². The zero-order chi connectivity index (χ0) is 17.8. The molecule has 0 atom stereocenters. The summed E-state index contributed by atoms with van der Waals surface area (Å²) in [7, 11) is 5.78. The van der Waals surface area contributed by atoms with E-state index in [4.69, 9.17) is 10.7 Å². The molecule has 0 amide bonds. The minimum Gasteiger partial charge on any atom is -0.378 e. The van der Waals surface area contributed by atoms with E-state index in [9.17, 15) is 8.42 Å². The second kappa shape index (κ2) is 11.5. The van der Waals surface area contributed by atoms with Gasteiger partial charge in [-0.3, -0.25) is 0 Å². The Bertz CT molecular complexity index is 631. The summed E-state index contributed by atoms with van der Waals surface area (Å²) in [5, 5.41) is 12.2. The Balaban J connectivity index is 2.10. The van der Waals surface area contributed by atoms with Gasteiger partial charge in [-0.2, -0.15) is 10.2 Å². The Kier molecular flexibility index (Phi) is 10.0. The molecule has 0 aliphatic carbocycles. The van der Waals surface area contributed by atoms with E-state index in [2.05, 4.69) is 10.2 Å². The van der Waals surface area contributed by atoms with Crippen LogP contribution in [-0.2, 0) is 9.05 Å². The van der Waals surface area contributed by atoms with Crippen LogP contribution in [-0.4, -0.2) is 40.7 Å². The third-order valence-electron chi connectivity index (χ3n) is 3.00. The molecular formula is C15H24ClN4O2S2+. The first-order valence-electron chi connectivity index (χ1n) is 7.55. The van der Waals surface area contributed by atoms with Crippen molar-refractivity contribution in [2.75, 3.05) is 37.2 Å². The lowest BCUT2D eigenvalue weighted by molar-refractivity contribution is -0.587. The fourth-order valence-electron chi connectivity index (χ4n) is 1.75. The van der Waals surface area contributed by atoms with Gasteiger partial charge in [-0.1, -0.05) is 0 Å². The zero-order valence-electron chi connectivity index (χ0n) is 13.9.